The van der Waals surface area contributed by atoms with E-state index < -0.39 is 0 Å². The van der Waals surface area contributed by atoms with E-state index in [-0.39, 0.29) is 11.8 Å². The minimum Gasteiger partial charge on any atom is -0.493 e. The fourth-order valence-corrected chi connectivity index (χ4v) is 7.18. The third-order valence-electron chi connectivity index (χ3n) is 9.85. The van der Waals surface area contributed by atoms with Crippen LogP contribution in [0.4, 0.5) is 5.69 Å². The number of rotatable bonds is 18. The van der Waals surface area contributed by atoms with Gasteiger partial charge in [0.2, 0.25) is 5.91 Å². The van der Waals surface area contributed by atoms with Gasteiger partial charge in [-0.3, -0.25) is 9.59 Å². The molecule has 0 atom stereocenters. The van der Waals surface area contributed by atoms with E-state index in [1.54, 1.807) is 0 Å². The van der Waals surface area contributed by atoms with E-state index in [1.807, 2.05) is 19.1 Å². The molecule has 5 rings (SSSR count). The first-order valence-corrected chi connectivity index (χ1v) is 21.0. The van der Waals surface area contributed by atoms with Crippen molar-refractivity contribution >= 4 is 17.5 Å². The lowest BCUT2D eigenvalue weighted by Crippen LogP contribution is -2.25. The van der Waals surface area contributed by atoms with Crippen molar-refractivity contribution in [3.05, 3.63) is 111 Å². The Hall–Kier alpha value is -4.98. The summed E-state index contributed by atoms with van der Waals surface area (Å²) in [6.07, 6.45) is 7.75. The fraction of sp³-hybridized carbons (Fsp3) is 0.458. The lowest BCUT2D eigenvalue weighted by Gasteiger charge is -2.24. The first-order chi connectivity index (χ1) is 27.3. The van der Waals surface area contributed by atoms with Gasteiger partial charge in [-0.25, -0.2) is 0 Å². The summed E-state index contributed by atoms with van der Waals surface area (Å²) in [5, 5.41) is 6.29. The molecule has 8 bridgehead atoms. The third-order valence-corrected chi connectivity index (χ3v) is 9.85. The van der Waals surface area contributed by atoms with Gasteiger partial charge < -0.3 is 29.6 Å². The SMILES string of the molecule is CCCCNC(=O)c1cc2c(OCCC)c(c1)Cc1cccc(c1OCCC)Cc1cc(NC(=O)CC)cc(c1OCCC)Cc1cccc(c1OCCC)C2. The van der Waals surface area contributed by atoms with E-state index in [2.05, 4.69) is 93.8 Å². The van der Waals surface area contributed by atoms with E-state index in [9.17, 15) is 9.59 Å². The molecule has 4 aromatic carbocycles. The molecule has 1 aliphatic carbocycles. The highest BCUT2D eigenvalue weighted by molar-refractivity contribution is 5.95. The summed E-state index contributed by atoms with van der Waals surface area (Å²) in [5.74, 6) is 3.15. The van der Waals surface area contributed by atoms with Crippen LogP contribution in [-0.2, 0) is 30.5 Å². The quantitative estimate of drug-likeness (QED) is 0.0864. The summed E-state index contributed by atoms with van der Waals surface area (Å²) in [5.41, 5.74) is 9.24. The molecule has 300 valence electrons. The second-order valence-electron chi connectivity index (χ2n) is 14.7. The van der Waals surface area contributed by atoms with Crippen molar-refractivity contribution in [1.29, 1.82) is 0 Å². The number of nitrogens with one attached hydrogen (secondary N) is 2. The summed E-state index contributed by atoms with van der Waals surface area (Å²) >= 11 is 0. The van der Waals surface area contributed by atoms with Gasteiger partial charge in [-0.2, -0.15) is 0 Å². The minimum absolute atomic E-state index is 0.0464. The summed E-state index contributed by atoms with van der Waals surface area (Å²) in [4.78, 5) is 26.6. The van der Waals surface area contributed by atoms with E-state index in [0.29, 0.717) is 70.6 Å². The number of hydrogen-bond acceptors (Lipinski definition) is 6. The molecule has 0 fully saturated rings. The number of amides is 2. The first-order valence-electron chi connectivity index (χ1n) is 21.0. The van der Waals surface area contributed by atoms with Crippen LogP contribution in [0.5, 0.6) is 23.0 Å². The molecule has 1 aliphatic rings. The van der Waals surface area contributed by atoms with Gasteiger partial charge in [0.15, 0.2) is 0 Å². The smallest absolute Gasteiger partial charge is 0.251 e. The van der Waals surface area contributed by atoms with E-state index in [4.69, 9.17) is 18.9 Å². The molecular formula is C48H62N2O6. The number of ether oxygens (including phenoxy) is 4. The highest BCUT2D eigenvalue weighted by Crippen LogP contribution is 2.40. The zero-order valence-electron chi connectivity index (χ0n) is 34.5. The second-order valence-corrected chi connectivity index (χ2v) is 14.7. The van der Waals surface area contributed by atoms with Crippen molar-refractivity contribution in [1.82, 2.24) is 5.32 Å². The molecule has 4 aromatic rings. The van der Waals surface area contributed by atoms with Gasteiger partial charge in [0.25, 0.3) is 5.91 Å². The number of fused-ring (bicyclic) bond motifs is 8. The zero-order valence-corrected chi connectivity index (χ0v) is 34.5. The lowest BCUT2D eigenvalue weighted by atomic mass is 9.90. The molecule has 2 N–H and O–H groups in total. The van der Waals surface area contributed by atoms with Crippen molar-refractivity contribution < 1.29 is 28.5 Å². The van der Waals surface area contributed by atoms with E-state index in [0.717, 1.165) is 112 Å². The Labute approximate surface area is 334 Å². The highest BCUT2D eigenvalue weighted by Gasteiger charge is 2.24. The van der Waals surface area contributed by atoms with Gasteiger partial charge in [0.1, 0.15) is 23.0 Å². The van der Waals surface area contributed by atoms with Gasteiger partial charge in [0.05, 0.1) is 26.4 Å². The number of carbonyl (C=O) groups is 2. The van der Waals surface area contributed by atoms with Crippen molar-refractivity contribution in [2.75, 3.05) is 38.3 Å². The maximum Gasteiger partial charge on any atom is 0.251 e. The molecular weight excluding hydrogens is 701 g/mol. The predicted molar refractivity (Wildman–Crippen MR) is 226 cm³/mol. The van der Waals surface area contributed by atoms with Gasteiger partial charge in [-0.05, 0) is 89.8 Å². The van der Waals surface area contributed by atoms with E-state index >= 15 is 0 Å². The highest BCUT2D eigenvalue weighted by atomic mass is 16.5. The maximum atomic E-state index is 13.8. The number of hydrogen-bond donors (Lipinski definition) is 2. The fourth-order valence-electron chi connectivity index (χ4n) is 7.18. The van der Waals surface area contributed by atoms with Crippen molar-refractivity contribution in [3.8, 4) is 23.0 Å². The average Bonchev–Trinajstić information content (AvgIpc) is 3.19. The number of para-hydroxylation sites is 2. The largest absolute Gasteiger partial charge is 0.493 e. The van der Waals surface area contributed by atoms with Crippen LogP contribution < -0.4 is 29.6 Å². The third kappa shape index (κ3) is 10.9. The summed E-state index contributed by atoms with van der Waals surface area (Å²) in [7, 11) is 0. The van der Waals surface area contributed by atoms with Crippen LogP contribution in [-0.4, -0.2) is 44.8 Å². The molecule has 8 heteroatoms. The molecule has 56 heavy (non-hydrogen) atoms. The molecule has 0 radical (unpaired) electrons. The van der Waals surface area contributed by atoms with Crippen LogP contribution in [0.2, 0.25) is 0 Å². The number of unbranched alkanes of at least 4 members (excludes halogenated alkanes) is 1. The monoisotopic (exact) mass is 762 g/mol. The van der Waals surface area contributed by atoms with Gasteiger partial charge in [0, 0.05) is 61.0 Å². The molecule has 0 aliphatic heterocycles. The van der Waals surface area contributed by atoms with Crippen molar-refractivity contribution in [2.45, 2.75) is 112 Å². The molecule has 0 saturated carbocycles. The molecule has 0 unspecified atom stereocenters. The number of anilines is 1. The molecule has 8 nitrogen and oxygen atoms in total. The Morgan fingerprint density at radius 3 is 1.25 bits per heavy atom. The summed E-state index contributed by atoms with van der Waals surface area (Å²) in [6.45, 7) is 15.3. The van der Waals surface area contributed by atoms with E-state index in [1.165, 1.54) is 0 Å². The van der Waals surface area contributed by atoms with Gasteiger partial charge in [-0.15, -0.1) is 0 Å². The average molecular weight is 763 g/mol. The predicted octanol–water partition coefficient (Wildman–Crippen LogP) is 10.4. The summed E-state index contributed by atoms with van der Waals surface area (Å²) in [6, 6.07) is 20.8. The van der Waals surface area contributed by atoms with Crippen molar-refractivity contribution in [2.24, 2.45) is 0 Å². The van der Waals surface area contributed by atoms with Crippen LogP contribution in [0.15, 0.2) is 60.7 Å². The van der Waals surface area contributed by atoms with Crippen LogP contribution in [0.1, 0.15) is 141 Å². The zero-order chi connectivity index (χ0) is 39.9. The molecule has 0 saturated heterocycles. The molecule has 2 amide bonds. The van der Waals surface area contributed by atoms with Crippen LogP contribution in [0.25, 0.3) is 0 Å². The standard InChI is InChI=1S/C48H62N2O6/c1-7-13-20-49-48(52)41-29-37-25-33-16-14-18-35(44(33)53-21-8-2)27-39-31-42(50-43(51)12-6)32-40(47(39)56-24-11-5)28-36-19-15-17-34(45(36)54-22-9-3)26-38(30-41)46(37)55-23-10-4/h14-19,29-32H,7-13,20-28H2,1-6H3,(H,49,52)(H,50,51). The van der Waals surface area contributed by atoms with Crippen molar-refractivity contribution in [3.63, 3.8) is 0 Å². The number of carbonyl (C=O) groups excluding carboxylic acids is 2. The maximum absolute atomic E-state index is 13.8. The normalized spacial score (nSPS) is 12.1. The van der Waals surface area contributed by atoms with Crippen LogP contribution >= 0.6 is 0 Å². The Kier molecular flexibility index (Phi) is 16.1. The Morgan fingerprint density at radius 2 is 0.893 bits per heavy atom. The number of benzene rings is 4. The Bertz CT molecular complexity index is 1830. The summed E-state index contributed by atoms with van der Waals surface area (Å²) < 4.78 is 26.6. The van der Waals surface area contributed by atoms with Gasteiger partial charge in [-0.1, -0.05) is 84.4 Å². The molecule has 0 aromatic heterocycles. The van der Waals surface area contributed by atoms with Crippen LogP contribution in [0, 0.1) is 0 Å². The Morgan fingerprint density at radius 1 is 0.518 bits per heavy atom. The lowest BCUT2D eigenvalue weighted by molar-refractivity contribution is -0.115. The Balaban J connectivity index is 1.83. The topological polar surface area (TPSA) is 95.1 Å². The minimum atomic E-state index is -0.0890. The van der Waals surface area contributed by atoms with Gasteiger partial charge >= 0.3 is 0 Å². The molecule has 0 spiro atoms. The first kappa shape index (κ1) is 42.2. The second kappa shape index (κ2) is 21.4. The molecule has 0 heterocycles. The van der Waals surface area contributed by atoms with Crippen LogP contribution in [0.3, 0.4) is 0 Å².